The Morgan fingerprint density at radius 2 is 2.14 bits per heavy atom. The normalized spacial score (nSPS) is 23.4. The highest BCUT2D eigenvalue weighted by Crippen LogP contribution is 2.52. The molecule has 0 aliphatic heterocycles. The van der Waals surface area contributed by atoms with Gasteiger partial charge >= 0.3 is 0 Å². The molecule has 0 amide bonds. The van der Waals surface area contributed by atoms with E-state index < -0.39 is 0 Å². The first-order valence-corrected chi connectivity index (χ1v) is 8.53. The maximum absolute atomic E-state index is 9.90. The molecule has 3 rings (SSSR count). The zero-order chi connectivity index (χ0) is 15.9. The van der Waals surface area contributed by atoms with E-state index in [0.29, 0.717) is 11.8 Å². The summed E-state index contributed by atoms with van der Waals surface area (Å²) in [7, 11) is 1.69. The Kier molecular flexibility index (Phi) is 3.74. The van der Waals surface area contributed by atoms with Gasteiger partial charge in [-0.1, -0.05) is 32.9 Å². The van der Waals surface area contributed by atoms with Gasteiger partial charge in [0.25, 0.3) is 0 Å². The molecule has 3 heteroatoms. The minimum Gasteiger partial charge on any atom is -0.497 e. The SMILES string of the molecule is COc1cccc(-c2cc3c(s2)C[C@@H](C)[C@]3(C#N)C(C)C)c1. The number of benzene rings is 1. The van der Waals surface area contributed by atoms with Crippen molar-refractivity contribution in [2.24, 2.45) is 11.8 Å². The van der Waals surface area contributed by atoms with Crippen LogP contribution in [0, 0.1) is 23.2 Å². The summed E-state index contributed by atoms with van der Waals surface area (Å²) in [6.45, 7) is 6.54. The summed E-state index contributed by atoms with van der Waals surface area (Å²) >= 11 is 1.83. The Morgan fingerprint density at radius 3 is 2.77 bits per heavy atom. The third-order valence-corrected chi connectivity index (χ3v) is 6.18. The molecule has 114 valence electrons. The molecular formula is C19H21NOS. The maximum atomic E-state index is 9.90. The van der Waals surface area contributed by atoms with Gasteiger partial charge in [0.2, 0.25) is 0 Å². The quantitative estimate of drug-likeness (QED) is 0.796. The van der Waals surface area contributed by atoms with Crippen LogP contribution in [0.3, 0.4) is 0 Å². The van der Waals surface area contributed by atoms with E-state index in [1.54, 1.807) is 7.11 Å². The molecule has 2 atom stereocenters. The highest BCUT2D eigenvalue weighted by Gasteiger charge is 2.48. The van der Waals surface area contributed by atoms with Gasteiger partial charge in [0.05, 0.1) is 18.6 Å². The van der Waals surface area contributed by atoms with Gasteiger partial charge in [0.1, 0.15) is 5.75 Å². The molecule has 0 N–H and O–H groups in total. The molecule has 1 aliphatic carbocycles. The molecule has 0 unspecified atom stereocenters. The van der Waals surface area contributed by atoms with Gasteiger partial charge in [0.15, 0.2) is 0 Å². The summed E-state index contributed by atoms with van der Waals surface area (Å²) in [6.07, 6.45) is 1.01. The molecule has 0 fully saturated rings. The van der Waals surface area contributed by atoms with Crippen molar-refractivity contribution < 1.29 is 4.74 Å². The first kappa shape index (κ1) is 15.1. The average molecular weight is 311 g/mol. The van der Waals surface area contributed by atoms with Crippen molar-refractivity contribution in [1.29, 1.82) is 5.26 Å². The summed E-state index contributed by atoms with van der Waals surface area (Å²) < 4.78 is 5.32. The zero-order valence-corrected chi connectivity index (χ0v) is 14.3. The van der Waals surface area contributed by atoms with Crippen LogP contribution in [0.2, 0.25) is 0 Å². The second-order valence-corrected chi connectivity index (χ2v) is 7.56. The lowest BCUT2D eigenvalue weighted by atomic mass is 9.69. The molecule has 1 aromatic carbocycles. The Hall–Kier alpha value is -1.79. The summed E-state index contributed by atoms with van der Waals surface area (Å²) in [5, 5.41) is 9.90. The van der Waals surface area contributed by atoms with Crippen LogP contribution in [-0.4, -0.2) is 7.11 Å². The fraction of sp³-hybridized carbons (Fsp3) is 0.421. The van der Waals surface area contributed by atoms with Crippen LogP contribution in [-0.2, 0) is 11.8 Å². The van der Waals surface area contributed by atoms with Crippen molar-refractivity contribution in [3.63, 3.8) is 0 Å². The number of ether oxygens (including phenoxy) is 1. The smallest absolute Gasteiger partial charge is 0.119 e. The van der Waals surface area contributed by atoms with Crippen molar-refractivity contribution in [2.45, 2.75) is 32.6 Å². The van der Waals surface area contributed by atoms with Gasteiger partial charge in [-0.3, -0.25) is 0 Å². The van der Waals surface area contributed by atoms with Crippen LogP contribution in [0.1, 0.15) is 31.2 Å². The van der Waals surface area contributed by atoms with E-state index in [1.165, 1.54) is 20.9 Å². The Bertz CT molecular complexity index is 740. The third-order valence-electron chi connectivity index (χ3n) is 4.97. The van der Waals surface area contributed by atoms with Gasteiger partial charge in [-0.25, -0.2) is 0 Å². The fourth-order valence-electron chi connectivity index (χ4n) is 3.73. The first-order valence-electron chi connectivity index (χ1n) is 7.71. The fourth-order valence-corrected chi connectivity index (χ4v) is 5.09. The standard InChI is InChI=1S/C19H21NOS/c1-12(2)19(11-20)13(3)8-18-16(19)10-17(22-18)14-6-5-7-15(9-14)21-4/h5-7,9-10,12-13H,8H2,1-4H3/t13-,19+/m1/s1. The molecule has 0 spiro atoms. The summed E-state index contributed by atoms with van der Waals surface area (Å²) in [6, 6.07) is 13.0. The molecule has 1 heterocycles. The number of fused-ring (bicyclic) bond motifs is 1. The third kappa shape index (κ3) is 2.06. The molecule has 0 bridgehead atoms. The van der Waals surface area contributed by atoms with Crippen LogP contribution in [0.5, 0.6) is 5.75 Å². The molecule has 0 saturated heterocycles. The van der Waals surface area contributed by atoms with Crippen LogP contribution in [0.15, 0.2) is 30.3 Å². The molecular weight excluding hydrogens is 290 g/mol. The molecule has 0 radical (unpaired) electrons. The molecule has 0 saturated carbocycles. The highest BCUT2D eigenvalue weighted by atomic mass is 32.1. The zero-order valence-electron chi connectivity index (χ0n) is 13.5. The topological polar surface area (TPSA) is 33.0 Å². The second-order valence-electron chi connectivity index (χ2n) is 6.42. The maximum Gasteiger partial charge on any atom is 0.119 e. The van der Waals surface area contributed by atoms with E-state index in [-0.39, 0.29) is 5.41 Å². The lowest BCUT2D eigenvalue weighted by Gasteiger charge is -2.31. The number of rotatable bonds is 3. The van der Waals surface area contributed by atoms with Crippen LogP contribution >= 0.6 is 11.3 Å². The largest absolute Gasteiger partial charge is 0.497 e. The number of nitrogens with zero attached hydrogens (tertiary/aromatic N) is 1. The molecule has 2 nitrogen and oxygen atoms in total. The van der Waals surface area contributed by atoms with Crippen LogP contribution < -0.4 is 4.74 Å². The van der Waals surface area contributed by atoms with Crippen LogP contribution in [0.25, 0.3) is 10.4 Å². The van der Waals surface area contributed by atoms with Gasteiger partial charge in [-0.2, -0.15) is 5.26 Å². The minimum atomic E-state index is -0.344. The van der Waals surface area contributed by atoms with Crippen molar-refractivity contribution in [3.8, 4) is 22.3 Å². The van der Waals surface area contributed by atoms with E-state index in [4.69, 9.17) is 4.74 Å². The van der Waals surface area contributed by atoms with Crippen molar-refractivity contribution in [3.05, 3.63) is 40.8 Å². The number of hydrogen-bond donors (Lipinski definition) is 0. The van der Waals surface area contributed by atoms with E-state index in [9.17, 15) is 5.26 Å². The average Bonchev–Trinajstić information content (AvgIpc) is 3.03. The predicted molar refractivity (Wildman–Crippen MR) is 91.3 cm³/mol. The molecule has 22 heavy (non-hydrogen) atoms. The summed E-state index contributed by atoms with van der Waals surface area (Å²) in [5.41, 5.74) is 2.07. The van der Waals surface area contributed by atoms with E-state index in [2.05, 4.69) is 45.0 Å². The Morgan fingerprint density at radius 1 is 1.36 bits per heavy atom. The summed E-state index contributed by atoms with van der Waals surface area (Å²) in [4.78, 5) is 2.61. The van der Waals surface area contributed by atoms with Gasteiger partial charge < -0.3 is 4.74 Å². The monoisotopic (exact) mass is 311 g/mol. The Labute approximate surface area is 136 Å². The predicted octanol–water partition coefficient (Wildman–Crippen LogP) is 5.03. The number of nitriles is 1. The second kappa shape index (κ2) is 5.44. The number of hydrogen-bond acceptors (Lipinski definition) is 3. The van der Waals surface area contributed by atoms with E-state index >= 15 is 0 Å². The first-order chi connectivity index (χ1) is 10.5. The van der Waals surface area contributed by atoms with Gasteiger partial charge in [-0.15, -0.1) is 11.3 Å². The van der Waals surface area contributed by atoms with Crippen molar-refractivity contribution in [1.82, 2.24) is 0 Å². The van der Waals surface area contributed by atoms with Crippen molar-refractivity contribution in [2.75, 3.05) is 7.11 Å². The Balaban J connectivity index is 2.09. The van der Waals surface area contributed by atoms with Crippen molar-refractivity contribution >= 4 is 11.3 Å². The lowest BCUT2D eigenvalue weighted by molar-refractivity contribution is 0.302. The molecule has 2 aromatic rings. The summed E-state index contributed by atoms with van der Waals surface area (Å²) in [5.74, 6) is 1.58. The number of methoxy groups -OCH3 is 1. The number of thiophene rings is 1. The van der Waals surface area contributed by atoms with E-state index in [0.717, 1.165) is 12.2 Å². The van der Waals surface area contributed by atoms with Crippen LogP contribution in [0.4, 0.5) is 0 Å². The van der Waals surface area contributed by atoms with E-state index in [1.807, 2.05) is 23.5 Å². The minimum absolute atomic E-state index is 0.321. The van der Waals surface area contributed by atoms with Gasteiger partial charge in [-0.05, 0) is 47.6 Å². The van der Waals surface area contributed by atoms with Gasteiger partial charge in [0, 0.05) is 9.75 Å². The highest BCUT2D eigenvalue weighted by molar-refractivity contribution is 7.15. The lowest BCUT2D eigenvalue weighted by Crippen LogP contribution is -2.34. The molecule has 1 aromatic heterocycles. The molecule has 1 aliphatic rings.